The number of hydrogen-bond acceptors (Lipinski definition) is 4. The zero-order valence-electron chi connectivity index (χ0n) is 21.7. The molecular weight excluding hydrogens is 529 g/mol. The smallest absolute Gasteiger partial charge is 0.264 e. The third-order valence-electron chi connectivity index (χ3n) is 5.96. The number of amides is 2. The predicted molar refractivity (Wildman–Crippen MR) is 147 cm³/mol. The first-order valence-corrected chi connectivity index (χ1v) is 13.9. The van der Waals surface area contributed by atoms with Crippen molar-refractivity contribution < 1.29 is 22.4 Å². The van der Waals surface area contributed by atoms with E-state index >= 15 is 0 Å². The zero-order valence-corrected chi connectivity index (χ0v) is 23.3. The van der Waals surface area contributed by atoms with Crippen LogP contribution >= 0.6 is 11.6 Å². The SMILES string of the molecule is Cc1ccccc1N(CC(=O)N(Cc1ccccc1F)[C@H](C)C(=O)NC(C)C)S(=O)(=O)c1ccc(Cl)cc1. The molecule has 3 rings (SSSR count). The molecule has 38 heavy (non-hydrogen) atoms. The van der Waals surface area contributed by atoms with Gasteiger partial charge in [0.2, 0.25) is 11.8 Å². The zero-order chi connectivity index (χ0) is 28.0. The molecule has 0 unspecified atom stereocenters. The van der Waals surface area contributed by atoms with Crippen LogP contribution < -0.4 is 9.62 Å². The Morgan fingerprint density at radius 3 is 2.16 bits per heavy atom. The molecule has 0 bridgehead atoms. The Morgan fingerprint density at radius 1 is 0.947 bits per heavy atom. The van der Waals surface area contributed by atoms with Gasteiger partial charge in [-0.2, -0.15) is 0 Å². The quantitative estimate of drug-likeness (QED) is 0.382. The van der Waals surface area contributed by atoms with Gasteiger partial charge in [0.25, 0.3) is 10.0 Å². The number of carbonyl (C=O) groups is 2. The third kappa shape index (κ3) is 6.90. The minimum absolute atomic E-state index is 0.0517. The largest absolute Gasteiger partial charge is 0.352 e. The molecule has 0 aliphatic heterocycles. The van der Waals surface area contributed by atoms with Crippen LogP contribution in [0.3, 0.4) is 0 Å². The summed E-state index contributed by atoms with van der Waals surface area (Å²) in [6.45, 7) is 6.01. The molecule has 0 heterocycles. The van der Waals surface area contributed by atoms with E-state index in [0.29, 0.717) is 16.3 Å². The number of rotatable bonds is 10. The average molecular weight is 560 g/mol. The number of benzene rings is 3. The molecule has 0 aliphatic carbocycles. The van der Waals surface area contributed by atoms with Crippen LogP contribution in [0.5, 0.6) is 0 Å². The lowest BCUT2D eigenvalue weighted by Crippen LogP contribution is -2.52. The van der Waals surface area contributed by atoms with Crippen LogP contribution in [-0.4, -0.2) is 43.8 Å². The van der Waals surface area contributed by atoms with Crippen molar-refractivity contribution in [3.8, 4) is 0 Å². The normalized spacial score (nSPS) is 12.2. The fourth-order valence-electron chi connectivity index (χ4n) is 3.89. The molecular formula is C28H31ClFN3O4S. The number of nitrogens with zero attached hydrogens (tertiary/aromatic N) is 2. The van der Waals surface area contributed by atoms with E-state index in [0.717, 1.165) is 4.31 Å². The molecule has 3 aromatic rings. The highest BCUT2D eigenvalue weighted by molar-refractivity contribution is 7.92. The first-order valence-electron chi connectivity index (χ1n) is 12.1. The summed E-state index contributed by atoms with van der Waals surface area (Å²) in [5.74, 6) is -1.64. The van der Waals surface area contributed by atoms with E-state index in [-0.39, 0.29) is 23.0 Å². The van der Waals surface area contributed by atoms with Crippen LogP contribution in [0.4, 0.5) is 10.1 Å². The maximum atomic E-state index is 14.6. The molecule has 0 saturated heterocycles. The van der Waals surface area contributed by atoms with Crippen LogP contribution in [0, 0.1) is 12.7 Å². The lowest BCUT2D eigenvalue weighted by atomic mass is 10.1. The van der Waals surface area contributed by atoms with Gasteiger partial charge in [0, 0.05) is 23.2 Å². The highest BCUT2D eigenvalue weighted by Gasteiger charge is 2.33. The van der Waals surface area contributed by atoms with E-state index in [1.807, 2.05) is 0 Å². The Kier molecular flexibility index (Phi) is 9.51. The van der Waals surface area contributed by atoms with Gasteiger partial charge in [-0.25, -0.2) is 12.8 Å². The predicted octanol–water partition coefficient (Wildman–Crippen LogP) is 4.92. The van der Waals surface area contributed by atoms with E-state index in [9.17, 15) is 22.4 Å². The van der Waals surface area contributed by atoms with E-state index in [1.54, 1.807) is 51.1 Å². The standard InChI is InChI=1S/C28H31ClFN3O4S/c1-19(2)31-28(35)21(4)32(17-22-10-6-7-11-25(22)30)27(34)18-33(26-12-8-5-9-20(26)3)38(36,37)24-15-13-23(29)14-16-24/h5-16,19,21H,17-18H2,1-4H3,(H,31,35)/t21-/m1/s1. The van der Waals surface area contributed by atoms with Gasteiger partial charge < -0.3 is 10.2 Å². The van der Waals surface area contributed by atoms with Crippen LogP contribution in [0.25, 0.3) is 0 Å². The van der Waals surface area contributed by atoms with Crippen molar-refractivity contribution in [1.82, 2.24) is 10.2 Å². The van der Waals surface area contributed by atoms with E-state index in [1.165, 1.54) is 54.3 Å². The first kappa shape index (κ1) is 29.1. The average Bonchev–Trinajstić information content (AvgIpc) is 2.86. The number of nitrogens with one attached hydrogen (secondary N) is 1. The highest BCUT2D eigenvalue weighted by Crippen LogP contribution is 2.28. The lowest BCUT2D eigenvalue weighted by Gasteiger charge is -2.32. The molecule has 3 aromatic carbocycles. The summed E-state index contributed by atoms with van der Waals surface area (Å²) in [5.41, 5.74) is 1.14. The molecule has 0 aliphatic rings. The molecule has 0 saturated carbocycles. The molecule has 0 aromatic heterocycles. The number of carbonyl (C=O) groups excluding carboxylic acids is 2. The molecule has 10 heteroatoms. The van der Waals surface area contributed by atoms with E-state index in [4.69, 9.17) is 11.6 Å². The summed E-state index contributed by atoms with van der Waals surface area (Å²) in [4.78, 5) is 27.8. The molecule has 1 N–H and O–H groups in total. The van der Waals surface area contributed by atoms with Gasteiger partial charge in [-0.15, -0.1) is 0 Å². The summed E-state index contributed by atoms with van der Waals surface area (Å²) >= 11 is 5.96. The minimum Gasteiger partial charge on any atom is -0.352 e. The van der Waals surface area contributed by atoms with Crippen molar-refractivity contribution in [2.75, 3.05) is 10.8 Å². The van der Waals surface area contributed by atoms with Gasteiger partial charge in [0.15, 0.2) is 0 Å². The van der Waals surface area contributed by atoms with Crippen LogP contribution in [0.2, 0.25) is 5.02 Å². The Balaban J connectivity index is 2.06. The molecule has 202 valence electrons. The minimum atomic E-state index is -4.22. The number of hydrogen-bond donors (Lipinski definition) is 1. The topological polar surface area (TPSA) is 86.8 Å². The molecule has 1 atom stereocenters. The van der Waals surface area contributed by atoms with Gasteiger partial charge in [0.05, 0.1) is 10.6 Å². The maximum absolute atomic E-state index is 14.6. The number of halogens is 2. The van der Waals surface area contributed by atoms with E-state index < -0.39 is 40.2 Å². The Hall–Kier alpha value is -3.43. The van der Waals surface area contributed by atoms with Gasteiger partial charge in [-0.1, -0.05) is 48.0 Å². The van der Waals surface area contributed by atoms with Crippen LogP contribution in [-0.2, 0) is 26.2 Å². The van der Waals surface area contributed by atoms with Gasteiger partial charge in [-0.3, -0.25) is 13.9 Å². The molecule has 0 spiro atoms. The molecule has 0 radical (unpaired) electrons. The molecule has 0 fully saturated rings. The number of aryl methyl sites for hydroxylation is 1. The summed E-state index contributed by atoms with van der Waals surface area (Å²) in [7, 11) is -4.22. The monoisotopic (exact) mass is 559 g/mol. The molecule has 2 amide bonds. The summed E-state index contributed by atoms with van der Waals surface area (Å²) in [6.07, 6.45) is 0. The van der Waals surface area contributed by atoms with Crippen molar-refractivity contribution in [2.45, 2.75) is 51.2 Å². The Bertz CT molecular complexity index is 1400. The van der Waals surface area contributed by atoms with Crippen LogP contribution in [0.15, 0.2) is 77.7 Å². The van der Waals surface area contributed by atoms with Crippen LogP contribution in [0.1, 0.15) is 31.9 Å². The van der Waals surface area contributed by atoms with Crippen molar-refractivity contribution in [3.63, 3.8) is 0 Å². The second-order valence-electron chi connectivity index (χ2n) is 9.20. The van der Waals surface area contributed by atoms with Crippen molar-refractivity contribution in [2.24, 2.45) is 0 Å². The fourth-order valence-corrected chi connectivity index (χ4v) is 5.49. The summed E-state index contributed by atoms with van der Waals surface area (Å²) in [5, 5.41) is 3.13. The van der Waals surface area contributed by atoms with Crippen molar-refractivity contribution in [1.29, 1.82) is 0 Å². The molecule has 7 nitrogen and oxygen atoms in total. The summed E-state index contributed by atoms with van der Waals surface area (Å²) < 4.78 is 43.1. The van der Waals surface area contributed by atoms with Gasteiger partial charge >= 0.3 is 0 Å². The fraction of sp³-hybridized carbons (Fsp3) is 0.286. The van der Waals surface area contributed by atoms with Crippen molar-refractivity contribution in [3.05, 3.63) is 94.8 Å². The Labute approximate surface area is 228 Å². The van der Waals surface area contributed by atoms with Crippen molar-refractivity contribution >= 4 is 39.1 Å². The second-order valence-corrected chi connectivity index (χ2v) is 11.5. The van der Waals surface area contributed by atoms with E-state index in [2.05, 4.69) is 5.32 Å². The summed E-state index contributed by atoms with van der Waals surface area (Å²) in [6, 6.07) is 17.2. The third-order valence-corrected chi connectivity index (χ3v) is 7.99. The second kappa shape index (κ2) is 12.4. The number of para-hydroxylation sites is 1. The van der Waals surface area contributed by atoms with Gasteiger partial charge in [0.1, 0.15) is 18.4 Å². The highest BCUT2D eigenvalue weighted by atomic mass is 35.5. The number of sulfonamides is 1. The lowest BCUT2D eigenvalue weighted by molar-refractivity contribution is -0.139. The number of anilines is 1. The maximum Gasteiger partial charge on any atom is 0.264 e. The first-order chi connectivity index (χ1) is 17.9. The van der Waals surface area contributed by atoms with Gasteiger partial charge in [-0.05, 0) is 69.7 Å². The Morgan fingerprint density at radius 2 is 1.55 bits per heavy atom.